The third kappa shape index (κ3) is 3.68. The number of ether oxygens (including phenoxy) is 1. The lowest BCUT2D eigenvalue weighted by Gasteiger charge is -2.38. The highest BCUT2D eigenvalue weighted by Crippen LogP contribution is 2.62. The molecule has 7 rings (SSSR count). The number of carbonyl (C=O) groups is 3. The van der Waals surface area contributed by atoms with Gasteiger partial charge in [-0.2, -0.15) is 0 Å². The number of benzene rings is 4. The van der Waals surface area contributed by atoms with Gasteiger partial charge in [0.1, 0.15) is 23.8 Å². The predicted octanol–water partition coefficient (Wildman–Crippen LogP) is 6.23. The van der Waals surface area contributed by atoms with Gasteiger partial charge in [-0.25, -0.2) is 0 Å². The highest BCUT2D eigenvalue weighted by atomic mass is 16.5. The van der Waals surface area contributed by atoms with E-state index in [2.05, 4.69) is 11.9 Å². The molecule has 3 aliphatic rings. The normalized spacial score (nSPS) is 23.1. The Morgan fingerprint density at radius 3 is 2.45 bits per heavy atom. The number of para-hydroxylation sites is 1. The van der Waals surface area contributed by atoms with Gasteiger partial charge in [0, 0.05) is 23.0 Å². The number of nitrogens with zero attached hydrogens (tertiary/aromatic N) is 1. The highest BCUT2D eigenvalue weighted by molar-refractivity contribution is 6.16. The third-order valence-corrected chi connectivity index (χ3v) is 8.67. The van der Waals surface area contributed by atoms with E-state index in [1.165, 1.54) is 0 Å². The minimum atomic E-state index is -1.37. The van der Waals surface area contributed by atoms with Crippen molar-refractivity contribution < 1.29 is 19.1 Å². The molecule has 206 valence electrons. The van der Waals surface area contributed by atoms with Gasteiger partial charge in [-0.15, -0.1) is 0 Å². The van der Waals surface area contributed by atoms with E-state index in [1.54, 1.807) is 42.5 Å². The van der Waals surface area contributed by atoms with E-state index in [4.69, 9.17) is 4.74 Å². The Hall–Kier alpha value is -5.23. The Kier molecular flexibility index (Phi) is 6.12. The monoisotopic (exact) mass is 552 g/mol. The molecule has 4 unspecified atom stereocenters. The number of carbonyl (C=O) groups excluding carboxylic acids is 3. The first-order chi connectivity index (χ1) is 20.6. The average Bonchev–Trinajstić information content (AvgIpc) is 3.52. The maximum Gasteiger partial charge on any atom is 0.238 e. The Labute approximate surface area is 243 Å². The third-order valence-electron chi connectivity index (χ3n) is 8.67. The van der Waals surface area contributed by atoms with Crippen LogP contribution in [-0.2, 0) is 10.2 Å². The van der Waals surface area contributed by atoms with Gasteiger partial charge < -0.3 is 15.0 Å². The van der Waals surface area contributed by atoms with Crippen molar-refractivity contribution in [2.45, 2.75) is 17.5 Å². The molecule has 6 nitrogen and oxygen atoms in total. The zero-order valence-corrected chi connectivity index (χ0v) is 22.8. The fourth-order valence-corrected chi connectivity index (χ4v) is 7.01. The van der Waals surface area contributed by atoms with Crippen LogP contribution in [-0.4, -0.2) is 35.0 Å². The van der Waals surface area contributed by atoms with Crippen molar-refractivity contribution in [2.75, 3.05) is 11.9 Å². The van der Waals surface area contributed by atoms with Gasteiger partial charge in [0.2, 0.25) is 5.91 Å². The number of Topliss-reactive ketones (excluding diaryl/α,β-unsaturated/α-hetero) is 2. The Balaban J connectivity index is 1.50. The van der Waals surface area contributed by atoms with Crippen LogP contribution in [0.2, 0.25) is 0 Å². The lowest BCUT2D eigenvalue weighted by Crippen LogP contribution is -2.49. The minimum Gasteiger partial charge on any atom is -0.490 e. The highest BCUT2D eigenvalue weighted by Gasteiger charge is 2.70. The number of rotatable bonds is 7. The lowest BCUT2D eigenvalue weighted by atomic mass is 9.62. The Morgan fingerprint density at radius 2 is 1.62 bits per heavy atom. The van der Waals surface area contributed by atoms with Crippen LogP contribution in [0.5, 0.6) is 5.75 Å². The maximum atomic E-state index is 14.9. The molecule has 3 aliphatic heterocycles. The topological polar surface area (TPSA) is 75.7 Å². The van der Waals surface area contributed by atoms with Gasteiger partial charge in [0.05, 0.1) is 12.0 Å². The molecule has 1 saturated heterocycles. The summed E-state index contributed by atoms with van der Waals surface area (Å²) in [5.74, 6) is -1.32. The van der Waals surface area contributed by atoms with Crippen molar-refractivity contribution in [3.05, 3.63) is 150 Å². The second-order valence-corrected chi connectivity index (χ2v) is 10.8. The summed E-state index contributed by atoms with van der Waals surface area (Å²) in [4.78, 5) is 45.9. The first kappa shape index (κ1) is 25.7. The number of hydrogen-bond donors (Lipinski definition) is 1. The first-order valence-electron chi connectivity index (χ1n) is 14.0. The van der Waals surface area contributed by atoms with Gasteiger partial charge in [-0.3, -0.25) is 14.4 Å². The molecule has 1 amide bonds. The predicted molar refractivity (Wildman–Crippen MR) is 161 cm³/mol. The summed E-state index contributed by atoms with van der Waals surface area (Å²) in [6.07, 6.45) is 5.47. The molecular formula is C36H28N2O4. The van der Waals surface area contributed by atoms with Crippen molar-refractivity contribution in [1.29, 1.82) is 0 Å². The van der Waals surface area contributed by atoms with Crippen molar-refractivity contribution in [3.8, 4) is 5.75 Å². The van der Waals surface area contributed by atoms with Gasteiger partial charge in [-0.1, -0.05) is 97.6 Å². The van der Waals surface area contributed by atoms with E-state index >= 15 is 0 Å². The molecule has 0 bridgehead atoms. The molecule has 3 heterocycles. The summed E-state index contributed by atoms with van der Waals surface area (Å²) >= 11 is 0. The second kappa shape index (κ2) is 10.00. The average molecular weight is 553 g/mol. The van der Waals surface area contributed by atoms with Crippen LogP contribution in [0.4, 0.5) is 5.69 Å². The second-order valence-electron chi connectivity index (χ2n) is 10.8. The molecule has 1 fully saturated rings. The van der Waals surface area contributed by atoms with E-state index in [0.29, 0.717) is 22.6 Å². The van der Waals surface area contributed by atoms with Gasteiger partial charge in [0.15, 0.2) is 11.6 Å². The summed E-state index contributed by atoms with van der Waals surface area (Å²) in [6.45, 7) is 3.99. The number of ketones is 2. The van der Waals surface area contributed by atoms with Crippen LogP contribution in [0.15, 0.2) is 122 Å². The van der Waals surface area contributed by atoms with Crippen molar-refractivity contribution in [1.82, 2.24) is 4.90 Å². The largest absolute Gasteiger partial charge is 0.490 e. The summed E-state index contributed by atoms with van der Waals surface area (Å²) in [7, 11) is 0. The van der Waals surface area contributed by atoms with Crippen LogP contribution in [0.25, 0.3) is 6.08 Å². The van der Waals surface area contributed by atoms with Crippen LogP contribution in [0.3, 0.4) is 0 Å². The lowest BCUT2D eigenvalue weighted by molar-refractivity contribution is -0.122. The fraction of sp³-hybridized carbons (Fsp3) is 0.139. The number of amides is 1. The number of hydrogen-bond acceptors (Lipinski definition) is 5. The molecule has 42 heavy (non-hydrogen) atoms. The zero-order valence-electron chi connectivity index (χ0n) is 22.8. The molecule has 0 radical (unpaired) electrons. The van der Waals surface area contributed by atoms with Crippen molar-refractivity contribution in [3.63, 3.8) is 0 Å². The summed E-state index contributed by atoms with van der Waals surface area (Å²) < 4.78 is 5.75. The van der Waals surface area contributed by atoms with Gasteiger partial charge in [-0.05, 0) is 41.0 Å². The van der Waals surface area contributed by atoms with Gasteiger partial charge in [0.25, 0.3) is 0 Å². The van der Waals surface area contributed by atoms with Crippen molar-refractivity contribution >= 4 is 29.2 Å². The molecule has 4 aromatic rings. The fourth-order valence-electron chi connectivity index (χ4n) is 7.01. The SMILES string of the molecule is C=CCOc1cccc(C(=O)C2C(C(=O)c3ccccc3)N3C=Cc4ccccc4C3C23C(=O)Nc2ccccc23)c1. The summed E-state index contributed by atoms with van der Waals surface area (Å²) in [6, 6.07) is 29.8. The van der Waals surface area contributed by atoms with Crippen molar-refractivity contribution in [2.24, 2.45) is 5.92 Å². The summed E-state index contributed by atoms with van der Waals surface area (Å²) in [5.41, 5.74) is 2.71. The first-order valence-corrected chi connectivity index (χ1v) is 14.0. The standard InChI is InChI=1S/C36H28N2O4/c1-2-21-42-26-15-10-14-25(22-26)32(39)30-31(33(40)24-12-4-3-5-13-24)38-20-19-23-11-6-7-16-27(23)34(38)36(30)28-17-8-9-18-29(28)37-35(36)41/h2-20,22,30-31,34H,1,21H2,(H,37,41). The minimum absolute atomic E-state index is 0.212. The number of fused-ring (bicyclic) bond motifs is 6. The molecule has 0 aromatic heterocycles. The summed E-state index contributed by atoms with van der Waals surface area (Å²) in [5, 5.41) is 3.08. The molecule has 1 N–H and O–H groups in total. The van der Waals surface area contributed by atoms with Crippen LogP contribution in [0, 0.1) is 5.92 Å². The van der Waals surface area contributed by atoms with E-state index < -0.39 is 23.4 Å². The Morgan fingerprint density at radius 1 is 0.881 bits per heavy atom. The smallest absolute Gasteiger partial charge is 0.238 e. The molecule has 1 spiro atoms. The van der Waals surface area contributed by atoms with E-state index in [0.717, 1.165) is 16.7 Å². The molecule has 6 heteroatoms. The molecule has 0 aliphatic carbocycles. The maximum absolute atomic E-state index is 14.9. The Bertz CT molecular complexity index is 1780. The zero-order chi connectivity index (χ0) is 28.8. The van der Waals surface area contributed by atoms with Crippen LogP contribution >= 0.6 is 0 Å². The van der Waals surface area contributed by atoms with E-state index in [9.17, 15) is 14.4 Å². The molecule has 4 atom stereocenters. The number of nitrogens with one attached hydrogen (secondary N) is 1. The van der Waals surface area contributed by atoms with Gasteiger partial charge >= 0.3 is 0 Å². The molecule has 4 aromatic carbocycles. The van der Waals surface area contributed by atoms with Crippen LogP contribution < -0.4 is 10.1 Å². The van der Waals surface area contributed by atoms with E-state index in [-0.39, 0.29) is 24.1 Å². The molecule has 0 saturated carbocycles. The van der Waals surface area contributed by atoms with Crippen LogP contribution in [0.1, 0.15) is 43.4 Å². The van der Waals surface area contributed by atoms with E-state index in [1.807, 2.05) is 83.9 Å². The quantitative estimate of drug-likeness (QED) is 0.217. The molecular weight excluding hydrogens is 524 g/mol. The number of anilines is 1.